The lowest BCUT2D eigenvalue weighted by atomic mass is 10.0. The summed E-state index contributed by atoms with van der Waals surface area (Å²) < 4.78 is 23.1. The van der Waals surface area contributed by atoms with E-state index in [4.69, 9.17) is 18.6 Å². The molecule has 6 nitrogen and oxygen atoms in total. The highest BCUT2D eigenvalue weighted by atomic mass is 79.9. The Labute approximate surface area is 222 Å². The Balaban J connectivity index is 1.80. The third-order valence-electron chi connectivity index (χ3n) is 6.14. The molecule has 0 fully saturated rings. The highest BCUT2D eigenvalue weighted by Crippen LogP contribution is 2.39. The van der Waals surface area contributed by atoms with Crippen molar-refractivity contribution in [3.05, 3.63) is 64.3 Å². The Bertz CT molecular complexity index is 1100. The predicted octanol–water partition coefficient (Wildman–Crippen LogP) is 7.70. The molecule has 7 heteroatoms. The number of benzene rings is 2. The second kappa shape index (κ2) is 13.5. The van der Waals surface area contributed by atoms with Crippen LogP contribution in [0.1, 0.15) is 61.8 Å². The molecule has 0 bridgehead atoms. The molecule has 1 unspecified atom stereocenters. The van der Waals surface area contributed by atoms with Crippen molar-refractivity contribution in [1.29, 1.82) is 0 Å². The maximum Gasteiger partial charge on any atom is 0.231 e. The highest BCUT2D eigenvalue weighted by molar-refractivity contribution is 9.10. The van der Waals surface area contributed by atoms with Gasteiger partial charge >= 0.3 is 0 Å². The number of unbranched alkanes of at least 4 members (excludes halogenated alkanes) is 2. The van der Waals surface area contributed by atoms with Gasteiger partial charge in [0, 0.05) is 31.5 Å². The van der Waals surface area contributed by atoms with Crippen molar-refractivity contribution in [3.8, 4) is 22.8 Å². The van der Waals surface area contributed by atoms with Gasteiger partial charge in [-0.2, -0.15) is 0 Å². The molecule has 0 saturated carbocycles. The number of anilines is 1. The van der Waals surface area contributed by atoms with Gasteiger partial charge in [0.1, 0.15) is 27.8 Å². The standard InChI is InChI=1S/C29H36BrNO5/c1-6-8-9-17-31(16-7-2)22-12-10-20(11-13-22)29(35-5)28(32)24-15-14-23(36-24)21-18-25(33-3)27(30)26(19-21)34-4/h10-15,18-19,29H,6-9,16-17H2,1-5H3. The monoisotopic (exact) mass is 557 g/mol. The SMILES string of the molecule is CCCCCN(CCC)c1ccc(C(OC)C(=O)c2ccc(-c3cc(OC)c(Br)c(OC)c3)o2)cc1. The van der Waals surface area contributed by atoms with Crippen molar-refractivity contribution >= 4 is 27.4 Å². The average molecular weight is 559 g/mol. The van der Waals surface area contributed by atoms with Gasteiger partial charge in [0.05, 0.1) is 14.2 Å². The lowest BCUT2D eigenvalue weighted by Gasteiger charge is -2.25. The summed E-state index contributed by atoms with van der Waals surface area (Å²) in [5.74, 6) is 1.75. The van der Waals surface area contributed by atoms with Gasteiger partial charge in [-0.25, -0.2) is 0 Å². The zero-order valence-electron chi connectivity index (χ0n) is 21.8. The van der Waals surface area contributed by atoms with E-state index in [1.807, 2.05) is 24.3 Å². The van der Waals surface area contributed by atoms with Gasteiger partial charge in [0.25, 0.3) is 0 Å². The molecule has 0 saturated heterocycles. The van der Waals surface area contributed by atoms with Crippen molar-refractivity contribution in [2.24, 2.45) is 0 Å². The molecule has 3 aromatic rings. The number of hydrogen-bond acceptors (Lipinski definition) is 6. The summed E-state index contributed by atoms with van der Waals surface area (Å²) in [5.41, 5.74) is 2.70. The first-order valence-corrected chi connectivity index (χ1v) is 13.2. The van der Waals surface area contributed by atoms with Crippen molar-refractivity contribution in [1.82, 2.24) is 0 Å². The Morgan fingerprint density at radius 3 is 2.14 bits per heavy atom. The Morgan fingerprint density at radius 1 is 0.917 bits per heavy atom. The third kappa shape index (κ3) is 6.51. The largest absolute Gasteiger partial charge is 0.495 e. The van der Waals surface area contributed by atoms with Gasteiger partial charge in [-0.3, -0.25) is 4.79 Å². The van der Waals surface area contributed by atoms with E-state index in [1.54, 1.807) is 33.5 Å². The van der Waals surface area contributed by atoms with Crippen LogP contribution in [-0.2, 0) is 4.74 Å². The topological polar surface area (TPSA) is 61.1 Å². The molecule has 194 valence electrons. The van der Waals surface area contributed by atoms with E-state index in [9.17, 15) is 4.79 Å². The second-order valence-corrected chi connectivity index (χ2v) is 9.42. The molecule has 0 aliphatic carbocycles. The molecule has 36 heavy (non-hydrogen) atoms. The van der Waals surface area contributed by atoms with Gasteiger partial charge < -0.3 is 23.5 Å². The summed E-state index contributed by atoms with van der Waals surface area (Å²) in [6.45, 7) is 6.46. The molecule has 0 aliphatic heterocycles. The summed E-state index contributed by atoms with van der Waals surface area (Å²) >= 11 is 3.47. The summed E-state index contributed by atoms with van der Waals surface area (Å²) in [6.07, 6.45) is 3.93. The molecule has 1 atom stereocenters. The van der Waals surface area contributed by atoms with Crippen LogP contribution in [0.3, 0.4) is 0 Å². The van der Waals surface area contributed by atoms with Crippen LogP contribution < -0.4 is 14.4 Å². The van der Waals surface area contributed by atoms with Gasteiger partial charge in [0.2, 0.25) is 5.78 Å². The van der Waals surface area contributed by atoms with Crippen LogP contribution in [0, 0.1) is 0 Å². The van der Waals surface area contributed by atoms with E-state index in [0.29, 0.717) is 21.7 Å². The van der Waals surface area contributed by atoms with Crippen LogP contribution in [0.2, 0.25) is 0 Å². The number of carbonyl (C=O) groups is 1. The molecule has 0 radical (unpaired) electrons. The van der Waals surface area contributed by atoms with E-state index in [0.717, 1.165) is 36.3 Å². The van der Waals surface area contributed by atoms with Crippen LogP contribution in [-0.4, -0.2) is 40.2 Å². The Hall–Kier alpha value is -2.77. The normalized spacial score (nSPS) is 11.8. The molecule has 0 aliphatic rings. The van der Waals surface area contributed by atoms with Crippen LogP contribution in [0.5, 0.6) is 11.5 Å². The molecular formula is C29H36BrNO5. The number of carbonyl (C=O) groups excluding carboxylic acids is 1. The fourth-order valence-electron chi connectivity index (χ4n) is 4.21. The molecule has 0 amide bonds. The number of methoxy groups -OCH3 is 3. The van der Waals surface area contributed by atoms with Crippen LogP contribution >= 0.6 is 15.9 Å². The number of nitrogens with zero attached hydrogens (tertiary/aromatic N) is 1. The summed E-state index contributed by atoms with van der Waals surface area (Å²) in [6, 6.07) is 15.2. The van der Waals surface area contributed by atoms with Gasteiger partial charge in [-0.05, 0) is 70.7 Å². The molecule has 1 heterocycles. The van der Waals surface area contributed by atoms with E-state index in [2.05, 4.69) is 46.8 Å². The number of rotatable bonds is 14. The van der Waals surface area contributed by atoms with Crippen LogP contribution in [0.4, 0.5) is 5.69 Å². The Kier molecular flexibility index (Phi) is 10.4. The molecule has 2 aromatic carbocycles. The van der Waals surface area contributed by atoms with Crippen molar-refractivity contribution in [2.75, 3.05) is 39.3 Å². The third-order valence-corrected chi connectivity index (χ3v) is 6.92. The van der Waals surface area contributed by atoms with Gasteiger partial charge in [-0.1, -0.05) is 38.8 Å². The van der Waals surface area contributed by atoms with E-state index >= 15 is 0 Å². The minimum atomic E-state index is -0.758. The van der Waals surface area contributed by atoms with E-state index in [-0.39, 0.29) is 11.5 Å². The summed E-state index contributed by atoms with van der Waals surface area (Å²) in [7, 11) is 4.71. The molecule has 3 rings (SSSR count). The second-order valence-electron chi connectivity index (χ2n) is 8.62. The molecular weight excluding hydrogens is 522 g/mol. The van der Waals surface area contributed by atoms with Gasteiger partial charge in [0.15, 0.2) is 5.76 Å². The fraction of sp³-hybridized carbons (Fsp3) is 0.414. The maximum atomic E-state index is 13.3. The summed E-state index contributed by atoms with van der Waals surface area (Å²) in [4.78, 5) is 15.7. The quantitative estimate of drug-likeness (QED) is 0.149. The van der Waals surface area contributed by atoms with Crippen LogP contribution in [0.15, 0.2) is 57.4 Å². The number of ether oxygens (including phenoxy) is 3. The van der Waals surface area contributed by atoms with Crippen LogP contribution in [0.25, 0.3) is 11.3 Å². The smallest absolute Gasteiger partial charge is 0.231 e. The Morgan fingerprint density at radius 2 is 1.58 bits per heavy atom. The number of Topliss-reactive ketones (excluding diaryl/α,β-unsaturated/α-hetero) is 1. The first-order valence-electron chi connectivity index (χ1n) is 12.4. The van der Waals surface area contributed by atoms with Crippen molar-refractivity contribution < 1.29 is 23.4 Å². The number of halogens is 1. The van der Waals surface area contributed by atoms with Crippen molar-refractivity contribution in [2.45, 2.75) is 45.6 Å². The minimum Gasteiger partial charge on any atom is -0.495 e. The number of ketones is 1. The first-order chi connectivity index (χ1) is 17.5. The van der Waals surface area contributed by atoms with E-state index < -0.39 is 6.10 Å². The zero-order valence-corrected chi connectivity index (χ0v) is 23.4. The summed E-state index contributed by atoms with van der Waals surface area (Å²) in [5, 5.41) is 0. The first kappa shape index (κ1) is 27.8. The minimum absolute atomic E-state index is 0.231. The molecule has 0 N–H and O–H groups in total. The zero-order chi connectivity index (χ0) is 26.1. The predicted molar refractivity (Wildman–Crippen MR) is 147 cm³/mol. The maximum absolute atomic E-state index is 13.3. The number of furan rings is 1. The molecule has 1 aromatic heterocycles. The van der Waals surface area contributed by atoms with E-state index in [1.165, 1.54) is 19.3 Å². The lowest BCUT2D eigenvalue weighted by molar-refractivity contribution is 0.0577. The number of hydrogen-bond donors (Lipinski definition) is 0. The average Bonchev–Trinajstić information content (AvgIpc) is 3.40. The van der Waals surface area contributed by atoms with Gasteiger partial charge in [-0.15, -0.1) is 0 Å². The molecule has 0 spiro atoms. The lowest BCUT2D eigenvalue weighted by Crippen LogP contribution is -2.25. The van der Waals surface area contributed by atoms with Crippen molar-refractivity contribution in [3.63, 3.8) is 0 Å². The fourth-order valence-corrected chi connectivity index (χ4v) is 4.77. The highest BCUT2D eigenvalue weighted by Gasteiger charge is 2.25.